The first kappa shape index (κ1) is 14.9. The van der Waals surface area contributed by atoms with Crippen LogP contribution < -0.4 is 11.5 Å². The topological polar surface area (TPSA) is 110 Å². The van der Waals surface area contributed by atoms with Gasteiger partial charge in [0.15, 0.2) is 0 Å². The van der Waals surface area contributed by atoms with Gasteiger partial charge in [0.2, 0.25) is 0 Å². The van der Waals surface area contributed by atoms with Gasteiger partial charge >= 0.3 is 7.60 Å². The molecule has 6 N–H and O–H groups in total. The summed E-state index contributed by atoms with van der Waals surface area (Å²) in [5, 5.41) is 0. The van der Waals surface area contributed by atoms with Crippen LogP contribution in [0, 0.1) is 0 Å². The van der Waals surface area contributed by atoms with E-state index in [1.54, 1.807) is 0 Å². The minimum absolute atomic E-state index is 0. The van der Waals surface area contributed by atoms with E-state index in [4.69, 9.17) is 21.3 Å². The maximum absolute atomic E-state index is 10.5. The van der Waals surface area contributed by atoms with E-state index in [1.807, 2.05) is 0 Å². The summed E-state index contributed by atoms with van der Waals surface area (Å²) in [6.45, 7) is 0.536. The predicted octanol–water partition coefficient (Wildman–Crippen LogP) is -0.000300. The summed E-state index contributed by atoms with van der Waals surface area (Å²) >= 11 is 0. The number of halogens is 1. The first-order chi connectivity index (χ1) is 4.98. The second-order valence-corrected chi connectivity index (χ2v) is 4.28. The van der Waals surface area contributed by atoms with Gasteiger partial charge in [-0.1, -0.05) is 0 Å². The van der Waals surface area contributed by atoms with Crippen molar-refractivity contribution in [3.63, 3.8) is 0 Å². The summed E-state index contributed by atoms with van der Waals surface area (Å²) in [5.74, 6) is -1.02. The lowest BCUT2D eigenvalue weighted by Gasteiger charge is -2.12. The van der Waals surface area contributed by atoms with Crippen molar-refractivity contribution in [1.82, 2.24) is 0 Å². The molecule has 0 spiro atoms. The summed E-state index contributed by atoms with van der Waals surface area (Å²) < 4.78 is 10.5. The van der Waals surface area contributed by atoms with Crippen molar-refractivity contribution in [3.8, 4) is 0 Å². The van der Waals surface area contributed by atoms with Gasteiger partial charge in [0, 0.05) is 0 Å². The predicted molar refractivity (Wildman–Crippen MR) is 50.2 cm³/mol. The molecule has 0 radical (unpaired) electrons. The van der Waals surface area contributed by atoms with Gasteiger partial charge in [-0.3, -0.25) is 4.57 Å². The van der Waals surface area contributed by atoms with E-state index in [0.717, 1.165) is 6.42 Å². The molecule has 0 amide bonds. The van der Waals surface area contributed by atoms with Gasteiger partial charge in [-0.15, -0.1) is 12.4 Å². The minimum atomic E-state index is -4.06. The largest absolute Gasteiger partial charge is 0.342 e. The lowest BCUT2D eigenvalue weighted by atomic mass is 10.2. The van der Waals surface area contributed by atoms with Crippen molar-refractivity contribution >= 4 is 20.0 Å². The van der Waals surface area contributed by atoms with Gasteiger partial charge < -0.3 is 21.3 Å². The molecule has 12 heavy (non-hydrogen) atoms. The average molecular weight is 219 g/mol. The van der Waals surface area contributed by atoms with Crippen LogP contribution in [0.5, 0.6) is 0 Å². The molecule has 0 fully saturated rings. The Hall–Kier alpha value is 0.360. The van der Waals surface area contributed by atoms with Crippen molar-refractivity contribution in [1.29, 1.82) is 0 Å². The van der Waals surface area contributed by atoms with E-state index in [9.17, 15) is 4.57 Å². The molecule has 0 saturated carbocycles. The Bertz CT molecular complexity index is 152. The molecule has 0 aliphatic heterocycles. The average Bonchev–Trinajstić information content (AvgIpc) is 1.86. The minimum Gasteiger partial charge on any atom is -0.330 e. The molecule has 0 heterocycles. The second kappa shape index (κ2) is 6.83. The summed E-state index contributed by atoms with van der Waals surface area (Å²) in [4.78, 5) is 17.1. The van der Waals surface area contributed by atoms with Gasteiger partial charge in [0.25, 0.3) is 0 Å². The zero-order valence-corrected chi connectivity index (χ0v) is 8.43. The van der Waals surface area contributed by atoms with E-state index < -0.39 is 13.4 Å². The fourth-order valence-corrected chi connectivity index (χ4v) is 1.18. The fourth-order valence-electron chi connectivity index (χ4n) is 0.666. The second-order valence-electron chi connectivity index (χ2n) is 2.44. The van der Waals surface area contributed by atoms with Crippen molar-refractivity contribution in [2.45, 2.75) is 25.0 Å². The van der Waals surface area contributed by atoms with Gasteiger partial charge in [-0.2, -0.15) is 0 Å². The molecule has 0 unspecified atom stereocenters. The molecule has 0 aromatic heterocycles. The molecule has 0 aliphatic rings. The third kappa shape index (κ3) is 7.03. The van der Waals surface area contributed by atoms with Crippen LogP contribution in [0.2, 0.25) is 0 Å². The zero-order chi connectivity index (χ0) is 8.91. The van der Waals surface area contributed by atoms with Crippen LogP contribution >= 0.6 is 20.0 Å². The van der Waals surface area contributed by atoms with E-state index >= 15 is 0 Å². The number of nitrogens with two attached hydrogens (primary N) is 2. The highest BCUT2D eigenvalue weighted by molar-refractivity contribution is 7.52. The molecule has 0 aliphatic carbocycles. The summed E-state index contributed by atoms with van der Waals surface area (Å²) in [6, 6.07) is 0. The number of unbranched alkanes of at least 4 members (excludes halogenated alkanes) is 1. The van der Waals surface area contributed by atoms with Crippen LogP contribution in [0.3, 0.4) is 0 Å². The van der Waals surface area contributed by atoms with Crippen LogP contribution in [0.4, 0.5) is 0 Å². The van der Waals surface area contributed by atoms with E-state index in [0.29, 0.717) is 19.4 Å². The Morgan fingerprint density at radius 3 is 2.17 bits per heavy atom. The number of hydrogen-bond acceptors (Lipinski definition) is 3. The first-order valence-electron chi connectivity index (χ1n) is 3.49. The SMILES string of the molecule is Cl.NCCCC[C@H](N)P(=O)(O)O. The van der Waals surface area contributed by atoms with Gasteiger partial charge in [-0.25, -0.2) is 0 Å². The standard InChI is InChI=1S/C5H15N2O3P.ClH/c6-4-2-1-3-5(7)11(8,9)10;/h5H,1-4,6-7H2,(H2,8,9,10);1H/t5-;/m1./s1. The molecular weight excluding hydrogens is 202 g/mol. The summed E-state index contributed by atoms with van der Waals surface area (Å²) in [5.41, 5.74) is 10.4. The smallest absolute Gasteiger partial charge is 0.330 e. The molecule has 5 nitrogen and oxygen atoms in total. The van der Waals surface area contributed by atoms with Gasteiger partial charge in [-0.05, 0) is 25.8 Å². The van der Waals surface area contributed by atoms with Crippen LogP contribution in [0.15, 0.2) is 0 Å². The highest BCUT2D eigenvalue weighted by Gasteiger charge is 2.23. The maximum atomic E-state index is 10.5. The maximum Gasteiger partial charge on any atom is 0.342 e. The van der Waals surface area contributed by atoms with Crippen LogP contribution in [-0.2, 0) is 4.57 Å². The molecule has 7 heteroatoms. The van der Waals surface area contributed by atoms with E-state index in [-0.39, 0.29) is 12.4 Å². The molecule has 0 saturated heterocycles. The number of rotatable bonds is 5. The molecule has 0 bridgehead atoms. The molecule has 1 atom stereocenters. The van der Waals surface area contributed by atoms with Crippen molar-refractivity contribution in [2.75, 3.05) is 6.54 Å². The summed E-state index contributed by atoms with van der Waals surface area (Å²) in [7, 11) is -4.06. The Morgan fingerprint density at radius 1 is 1.33 bits per heavy atom. The highest BCUT2D eigenvalue weighted by atomic mass is 35.5. The molecule has 0 rings (SSSR count). The van der Waals surface area contributed by atoms with E-state index in [1.165, 1.54) is 0 Å². The Morgan fingerprint density at radius 2 is 1.83 bits per heavy atom. The van der Waals surface area contributed by atoms with Crippen molar-refractivity contribution in [3.05, 3.63) is 0 Å². The Labute approximate surface area is 78.1 Å². The lowest BCUT2D eigenvalue weighted by molar-refractivity contribution is 0.353. The Balaban J connectivity index is 0. The lowest BCUT2D eigenvalue weighted by Crippen LogP contribution is -2.20. The van der Waals surface area contributed by atoms with Crippen LogP contribution in [0.1, 0.15) is 19.3 Å². The third-order valence-electron chi connectivity index (χ3n) is 1.39. The zero-order valence-electron chi connectivity index (χ0n) is 6.72. The third-order valence-corrected chi connectivity index (χ3v) is 2.51. The molecule has 76 valence electrons. The van der Waals surface area contributed by atoms with Crippen LogP contribution in [-0.4, -0.2) is 22.1 Å². The van der Waals surface area contributed by atoms with Crippen molar-refractivity contribution in [2.24, 2.45) is 11.5 Å². The molecule has 0 aromatic carbocycles. The highest BCUT2D eigenvalue weighted by Crippen LogP contribution is 2.40. The fraction of sp³-hybridized carbons (Fsp3) is 1.00. The Kier molecular flexibility index (Phi) is 8.46. The van der Waals surface area contributed by atoms with E-state index in [2.05, 4.69) is 0 Å². The van der Waals surface area contributed by atoms with Crippen molar-refractivity contribution < 1.29 is 14.4 Å². The van der Waals surface area contributed by atoms with Crippen LogP contribution in [0.25, 0.3) is 0 Å². The normalized spacial score (nSPS) is 13.7. The quantitative estimate of drug-likeness (QED) is 0.384. The number of hydrogen-bond donors (Lipinski definition) is 4. The first-order valence-corrected chi connectivity index (χ1v) is 5.17. The molecule has 0 aromatic rings. The van der Waals surface area contributed by atoms with Gasteiger partial charge in [0.05, 0.1) is 0 Å². The molecular formula is C5H16ClN2O3P. The monoisotopic (exact) mass is 218 g/mol. The summed E-state index contributed by atoms with van der Waals surface area (Å²) in [6.07, 6.45) is 1.76. The van der Waals surface area contributed by atoms with Gasteiger partial charge in [0.1, 0.15) is 5.78 Å².